The number of ether oxygens (including phenoxy) is 2. The molecule has 6 heteroatoms. The van der Waals surface area contributed by atoms with Crippen molar-refractivity contribution in [2.45, 2.75) is 25.8 Å². The molecule has 1 N–H and O–H groups in total. The number of benzene rings is 1. The van der Waals surface area contributed by atoms with Gasteiger partial charge in [0.2, 0.25) is 5.91 Å². The second-order valence-corrected chi connectivity index (χ2v) is 6.07. The first-order valence-electron chi connectivity index (χ1n) is 8.31. The number of amides is 1. The van der Waals surface area contributed by atoms with E-state index in [-0.39, 0.29) is 11.9 Å². The van der Waals surface area contributed by atoms with Crippen LogP contribution in [0.2, 0.25) is 0 Å². The summed E-state index contributed by atoms with van der Waals surface area (Å²) in [6.45, 7) is 4.21. The van der Waals surface area contributed by atoms with Crippen LogP contribution in [0.1, 0.15) is 25.8 Å². The molecule has 1 aromatic heterocycles. The van der Waals surface area contributed by atoms with E-state index >= 15 is 0 Å². The van der Waals surface area contributed by atoms with Gasteiger partial charge >= 0.3 is 0 Å². The summed E-state index contributed by atoms with van der Waals surface area (Å²) in [4.78, 5) is 16.2. The lowest BCUT2D eigenvalue weighted by atomic mass is 10.0. The molecule has 1 fully saturated rings. The normalized spacial score (nSPS) is 16.5. The van der Waals surface area contributed by atoms with Crippen molar-refractivity contribution in [1.82, 2.24) is 9.55 Å². The molecule has 1 atom stereocenters. The molecule has 0 radical (unpaired) electrons. The van der Waals surface area contributed by atoms with Crippen LogP contribution in [0.4, 0.5) is 5.69 Å². The van der Waals surface area contributed by atoms with Gasteiger partial charge in [0.25, 0.3) is 0 Å². The lowest BCUT2D eigenvalue weighted by molar-refractivity contribution is -0.118. The SMILES string of the molecule is CC(C(=O)Nc1ccc(OCC2CCOCC2)cc1)n1ccnc1. The zero-order chi connectivity index (χ0) is 16.8. The van der Waals surface area contributed by atoms with Crippen LogP contribution in [0.3, 0.4) is 0 Å². The molecule has 3 rings (SSSR count). The van der Waals surface area contributed by atoms with Gasteiger partial charge in [-0.2, -0.15) is 0 Å². The van der Waals surface area contributed by atoms with Gasteiger partial charge in [0.1, 0.15) is 11.8 Å². The predicted molar refractivity (Wildman–Crippen MR) is 91.0 cm³/mol. The van der Waals surface area contributed by atoms with Gasteiger partial charge in [-0.05, 0) is 49.9 Å². The number of anilines is 1. The molecule has 0 saturated carbocycles. The highest BCUT2D eigenvalue weighted by molar-refractivity contribution is 5.93. The molecular weight excluding hydrogens is 306 g/mol. The fourth-order valence-electron chi connectivity index (χ4n) is 2.64. The first kappa shape index (κ1) is 16.5. The summed E-state index contributed by atoms with van der Waals surface area (Å²) >= 11 is 0. The van der Waals surface area contributed by atoms with E-state index in [4.69, 9.17) is 9.47 Å². The third-order valence-electron chi connectivity index (χ3n) is 4.30. The predicted octanol–water partition coefficient (Wildman–Crippen LogP) is 2.89. The number of carbonyl (C=O) groups excluding carboxylic acids is 1. The zero-order valence-corrected chi connectivity index (χ0v) is 13.9. The van der Waals surface area contributed by atoms with Crippen LogP contribution >= 0.6 is 0 Å². The molecule has 2 heterocycles. The van der Waals surface area contributed by atoms with Crippen LogP contribution in [0.5, 0.6) is 5.75 Å². The van der Waals surface area contributed by atoms with Crippen LogP contribution < -0.4 is 10.1 Å². The van der Waals surface area contributed by atoms with Gasteiger partial charge in [0.05, 0.1) is 12.9 Å². The van der Waals surface area contributed by atoms with Gasteiger partial charge < -0.3 is 19.4 Å². The highest BCUT2D eigenvalue weighted by Crippen LogP contribution is 2.20. The van der Waals surface area contributed by atoms with Gasteiger partial charge in [-0.15, -0.1) is 0 Å². The van der Waals surface area contributed by atoms with Gasteiger partial charge in [0, 0.05) is 31.3 Å². The Kier molecular flexibility index (Phi) is 5.48. The Balaban J connectivity index is 1.49. The summed E-state index contributed by atoms with van der Waals surface area (Å²) < 4.78 is 12.9. The quantitative estimate of drug-likeness (QED) is 0.885. The first-order chi connectivity index (χ1) is 11.7. The number of carbonyl (C=O) groups is 1. The van der Waals surface area contributed by atoms with E-state index in [2.05, 4.69) is 10.3 Å². The van der Waals surface area contributed by atoms with Crippen molar-refractivity contribution in [2.75, 3.05) is 25.1 Å². The molecule has 2 aromatic rings. The number of hydrogen-bond donors (Lipinski definition) is 1. The molecule has 1 saturated heterocycles. The maximum Gasteiger partial charge on any atom is 0.247 e. The highest BCUT2D eigenvalue weighted by Gasteiger charge is 2.15. The summed E-state index contributed by atoms with van der Waals surface area (Å²) in [5.41, 5.74) is 0.755. The third kappa shape index (κ3) is 4.35. The monoisotopic (exact) mass is 329 g/mol. The van der Waals surface area contributed by atoms with Gasteiger partial charge in [-0.1, -0.05) is 0 Å². The molecule has 6 nitrogen and oxygen atoms in total. The third-order valence-corrected chi connectivity index (χ3v) is 4.30. The Bertz CT molecular complexity index is 634. The Hall–Kier alpha value is -2.34. The Morgan fingerprint density at radius 2 is 2.12 bits per heavy atom. The van der Waals surface area contributed by atoms with Crippen LogP contribution in [0, 0.1) is 5.92 Å². The van der Waals surface area contributed by atoms with E-state index in [0.29, 0.717) is 12.5 Å². The second kappa shape index (κ2) is 7.97. The minimum atomic E-state index is -0.308. The van der Waals surface area contributed by atoms with Crippen LogP contribution in [-0.2, 0) is 9.53 Å². The van der Waals surface area contributed by atoms with Gasteiger partial charge in [-0.25, -0.2) is 4.98 Å². The fraction of sp³-hybridized carbons (Fsp3) is 0.444. The van der Waals surface area contributed by atoms with Crippen LogP contribution in [-0.4, -0.2) is 35.3 Å². The van der Waals surface area contributed by atoms with Gasteiger partial charge in [0.15, 0.2) is 0 Å². The Morgan fingerprint density at radius 1 is 1.38 bits per heavy atom. The molecular formula is C18H23N3O3. The largest absolute Gasteiger partial charge is 0.493 e. The van der Waals surface area contributed by atoms with Crippen LogP contribution in [0.15, 0.2) is 43.0 Å². The topological polar surface area (TPSA) is 65.4 Å². The summed E-state index contributed by atoms with van der Waals surface area (Å²) in [6.07, 6.45) is 7.18. The summed E-state index contributed by atoms with van der Waals surface area (Å²) in [5.74, 6) is 1.31. The van der Waals surface area contributed by atoms with Crippen molar-refractivity contribution < 1.29 is 14.3 Å². The summed E-state index contributed by atoms with van der Waals surface area (Å²) in [5, 5.41) is 2.90. The average Bonchev–Trinajstić information content (AvgIpc) is 3.16. The number of nitrogens with one attached hydrogen (secondary N) is 1. The van der Waals surface area contributed by atoms with E-state index in [1.165, 1.54) is 0 Å². The number of aromatic nitrogens is 2. The first-order valence-corrected chi connectivity index (χ1v) is 8.31. The van der Waals surface area contributed by atoms with Crippen LogP contribution in [0.25, 0.3) is 0 Å². The number of imidazole rings is 1. The number of hydrogen-bond acceptors (Lipinski definition) is 4. The second-order valence-electron chi connectivity index (χ2n) is 6.07. The molecule has 0 bridgehead atoms. The molecule has 1 unspecified atom stereocenters. The standard InChI is InChI=1S/C18H23N3O3/c1-14(21-9-8-19-13-21)18(22)20-16-2-4-17(5-3-16)24-12-15-6-10-23-11-7-15/h2-5,8-9,13-15H,6-7,10-12H2,1H3,(H,20,22). The van der Waals surface area contributed by atoms with Crippen molar-refractivity contribution in [3.8, 4) is 5.75 Å². The Labute approximate surface area is 141 Å². The van der Waals surface area contributed by atoms with E-state index in [1.54, 1.807) is 23.3 Å². The molecule has 1 aliphatic heterocycles. The van der Waals surface area contributed by atoms with Crippen molar-refractivity contribution in [3.05, 3.63) is 43.0 Å². The average molecular weight is 329 g/mol. The van der Waals surface area contributed by atoms with Crippen molar-refractivity contribution in [2.24, 2.45) is 5.92 Å². The number of nitrogens with zero attached hydrogens (tertiary/aromatic N) is 2. The molecule has 1 aliphatic rings. The lowest BCUT2D eigenvalue weighted by Crippen LogP contribution is -2.23. The van der Waals surface area contributed by atoms with E-state index in [0.717, 1.165) is 37.5 Å². The van der Waals surface area contributed by atoms with Crippen molar-refractivity contribution in [3.63, 3.8) is 0 Å². The zero-order valence-electron chi connectivity index (χ0n) is 13.9. The maximum atomic E-state index is 12.2. The summed E-state index contributed by atoms with van der Waals surface area (Å²) in [6, 6.07) is 7.18. The molecule has 0 aliphatic carbocycles. The smallest absolute Gasteiger partial charge is 0.247 e. The summed E-state index contributed by atoms with van der Waals surface area (Å²) in [7, 11) is 0. The van der Waals surface area contributed by atoms with Crippen molar-refractivity contribution >= 4 is 11.6 Å². The van der Waals surface area contributed by atoms with Gasteiger partial charge in [-0.3, -0.25) is 4.79 Å². The van der Waals surface area contributed by atoms with E-state index in [9.17, 15) is 4.79 Å². The maximum absolute atomic E-state index is 12.2. The molecule has 24 heavy (non-hydrogen) atoms. The molecule has 0 spiro atoms. The van der Waals surface area contributed by atoms with E-state index in [1.807, 2.05) is 31.2 Å². The highest BCUT2D eigenvalue weighted by atomic mass is 16.5. The number of rotatable bonds is 6. The molecule has 128 valence electrons. The Morgan fingerprint density at radius 3 is 2.79 bits per heavy atom. The van der Waals surface area contributed by atoms with Crippen molar-refractivity contribution in [1.29, 1.82) is 0 Å². The molecule has 1 amide bonds. The lowest BCUT2D eigenvalue weighted by Gasteiger charge is -2.22. The molecule has 1 aromatic carbocycles. The minimum Gasteiger partial charge on any atom is -0.493 e. The van der Waals surface area contributed by atoms with E-state index < -0.39 is 0 Å². The minimum absolute atomic E-state index is 0.0797. The fourth-order valence-corrected chi connectivity index (χ4v) is 2.64.